The standard InChI is InChI=1S/C27H29N5O3S/c1-19-18-28-26(30-21-10-14-23(15-11-21)35-22-8-6-5-7-9-22)31-25(19)29-20-12-16-24(17-13-20)36(33,34)32-27(2,3)4/h5-18,32H,1-4H3,(H2,28,29,30,31). The lowest BCUT2D eigenvalue weighted by molar-refractivity contribution is 0.483. The molecule has 0 unspecified atom stereocenters. The molecule has 0 aliphatic carbocycles. The Bertz CT molecular complexity index is 1420. The van der Waals surface area contributed by atoms with Crippen molar-refractivity contribution in [3.8, 4) is 11.5 Å². The summed E-state index contributed by atoms with van der Waals surface area (Å²) in [6.07, 6.45) is 1.72. The summed E-state index contributed by atoms with van der Waals surface area (Å²) in [6.45, 7) is 7.30. The molecule has 4 rings (SSSR count). The molecule has 0 aliphatic rings. The van der Waals surface area contributed by atoms with Gasteiger partial charge in [0.25, 0.3) is 0 Å². The highest BCUT2D eigenvalue weighted by molar-refractivity contribution is 7.89. The Balaban J connectivity index is 1.43. The van der Waals surface area contributed by atoms with Crippen LogP contribution in [0.1, 0.15) is 26.3 Å². The molecule has 0 fully saturated rings. The number of hydrogen-bond acceptors (Lipinski definition) is 7. The number of ether oxygens (including phenoxy) is 1. The van der Waals surface area contributed by atoms with Gasteiger partial charge in [0.1, 0.15) is 17.3 Å². The predicted octanol–water partition coefficient (Wildman–Crippen LogP) is 6.14. The molecule has 186 valence electrons. The van der Waals surface area contributed by atoms with Gasteiger partial charge in [0, 0.05) is 28.7 Å². The number of para-hydroxylation sites is 1. The molecule has 4 aromatic rings. The Morgan fingerprint density at radius 1 is 0.778 bits per heavy atom. The first-order valence-corrected chi connectivity index (χ1v) is 12.9. The summed E-state index contributed by atoms with van der Waals surface area (Å²) in [4.78, 5) is 9.14. The highest BCUT2D eigenvalue weighted by Crippen LogP contribution is 2.25. The lowest BCUT2D eigenvalue weighted by Crippen LogP contribution is -2.40. The highest BCUT2D eigenvalue weighted by Gasteiger charge is 2.21. The van der Waals surface area contributed by atoms with Gasteiger partial charge in [0.05, 0.1) is 4.90 Å². The molecule has 0 saturated carbocycles. The van der Waals surface area contributed by atoms with Crippen molar-refractivity contribution >= 4 is 33.2 Å². The van der Waals surface area contributed by atoms with Crippen LogP contribution in [0.5, 0.6) is 11.5 Å². The van der Waals surface area contributed by atoms with E-state index in [0.717, 1.165) is 22.7 Å². The molecular formula is C27H29N5O3S. The first kappa shape index (κ1) is 25.2. The third-order valence-electron chi connectivity index (χ3n) is 4.93. The fourth-order valence-corrected chi connectivity index (χ4v) is 4.72. The molecule has 3 N–H and O–H groups in total. The largest absolute Gasteiger partial charge is 0.457 e. The van der Waals surface area contributed by atoms with Crippen molar-refractivity contribution in [3.63, 3.8) is 0 Å². The number of nitrogens with zero attached hydrogens (tertiary/aromatic N) is 2. The zero-order chi connectivity index (χ0) is 25.8. The van der Waals surface area contributed by atoms with Gasteiger partial charge in [-0.15, -0.1) is 0 Å². The predicted molar refractivity (Wildman–Crippen MR) is 143 cm³/mol. The van der Waals surface area contributed by atoms with Crippen LogP contribution in [0.4, 0.5) is 23.1 Å². The van der Waals surface area contributed by atoms with Crippen LogP contribution in [0.15, 0.2) is 90.0 Å². The SMILES string of the molecule is Cc1cnc(Nc2ccc(Oc3ccccc3)cc2)nc1Nc1ccc(S(=O)(=O)NC(C)(C)C)cc1. The fourth-order valence-electron chi connectivity index (χ4n) is 3.31. The molecule has 1 aromatic heterocycles. The van der Waals surface area contributed by atoms with E-state index in [-0.39, 0.29) is 4.90 Å². The van der Waals surface area contributed by atoms with Crippen molar-refractivity contribution in [1.82, 2.24) is 14.7 Å². The molecular weight excluding hydrogens is 474 g/mol. The van der Waals surface area contributed by atoms with Crippen molar-refractivity contribution in [3.05, 3.63) is 90.6 Å². The van der Waals surface area contributed by atoms with E-state index in [1.165, 1.54) is 0 Å². The molecule has 0 amide bonds. The zero-order valence-corrected chi connectivity index (χ0v) is 21.4. The van der Waals surface area contributed by atoms with E-state index in [9.17, 15) is 8.42 Å². The van der Waals surface area contributed by atoms with Crippen molar-refractivity contribution in [2.45, 2.75) is 38.1 Å². The van der Waals surface area contributed by atoms with Crippen molar-refractivity contribution in [1.29, 1.82) is 0 Å². The van der Waals surface area contributed by atoms with E-state index in [1.807, 2.05) is 61.5 Å². The average Bonchev–Trinajstić information content (AvgIpc) is 2.82. The number of nitrogens with one attached hydrogen (secondary N) is 3. The van der Waals surface area contributed by atoms with Gasteiger partial charge in [-0.1, -0.05) is 18.2 Å². The molecule has 0 atom stereocenters. The second-order valence-corrected chi connectivity index (χ2v) is 11.0. The summed E-state index contributed by atoms with van der Waals surface area (Å²) in [6, 6.07) is 23.6. The lowest BCUT2D eigenvalue weighted by atomic mass is 10.1. The van der Waals surface area contributed by atoms with Crippen LogP contribution in [-0.4, -0.2) is 23.9 Å². The lowest BCUT2D eigenvalue weighted by Gasteiger charge is -2.20. The fraction of sp³-hybridized carbons (Fsp3) is 0.185. The number of aryl methyl sites for hydroxylation is 1. The van der Waals surface area contributed by atoms with E-state index in [1.54, 1.807) is 51.2 Å². The molecule has 0 saturated heterocycles. The Labute approximate surface area is 211 Å². The Hall–Kier alpha value is -3.95. The van der Waals surface area contributed by atoms with E-state index in [4.69, 9.17) is 4.74 Å². The smallest absolute Gasteiger partial charge is 0.241 e. The summed E-state index contributed by atoms with van der Waals surface area (Å²) in [7, 11) is -3.60. The summed E-state index contributed by atoms with van der Waals surface area (Å²) in [5.74, 6) is 2.53. The maximum absolute atomic E-state index is 12.5. The number of benzene rings is 3. The first-order chi connectivity index (χ1) is 17.1. The van der Waals surface area contributed by atoms with Crippen LogP contribution in [0.3, 0.4) is 0 Å². The van der Waals surface area contributed by atoms with E-state index >= 15 is 0 Å². The summed E-state index contributed by atoms with van der Waals surface area (Å²) in [5.41, 5.74) is 1.80. The molecule has 9 heteroatoms. The maximum atomic E-state index is 12.5. The molecule has 3 aromatic carbocycles. The average molecular weight is 504 g/mol. The third kappa shape index (κ3) is 6.80. The minimum atomic E-state index is -3.60. The van der Waals surface area contributed by atoms with Crippen molar-refractivity contribution in [2.75, 3.05) is 10.6 Å². The van der Waals surface area contributed by atoms with Crippen molar-refractivity contribution in [2.24, 2.45) is 0 Å². The summed E-state index contributed by atoms with van der Waals surface area (Å²) >= 11 is 0. The van der Waals surface area contributed by atoms with Crippen LogP contribution in [-0.2, 0) is 10.0 Å². The quantitative estimate of drug-likeness (QED) is 0.265. The Morgan fingerprint density at radius 3 is 2.00 bits per heavy atom. The van der Waals surface area contributed by atoms with Crippen LogP contribution in [0, 0.1) is 6.92 Å². The van der Waals surface area contributed by atoms with Gasteiger partial charge >= 0.3 is 0 Å². The minimum absolute atomic E-state index is 0.199. The number of aromatic nitrogens is 2. The molecule has 1 heterocycles. The zero-order valence-electron chi connectivity index (χ0n) is 20.6. The summed E-state index contributed by atoms with van der Waals surface area (Å²) < 4.78 is 33.5. The molecule has 36 heavy (non-hydrogen) atoms. The number of anilines is 4. The van der Waals surface area contributed by atoms with E-state index in [0.29, 0.717) is 17.5 Å². The second-order valence-electron chi connectivity index (χ2n) is 9.29. The van der Waals surface area contributed by atoms with E-state index in [2.05, 4.69) is 25.3 Å². The van der Waals surface area contributed by atoms with Gasteiger partial charge in [-0.05, 0) is 88.4 Å². The molecule has 0 spiro atoms. The van der Waals surface area contributed by atoms with Gasteiger partial charge < -0.3 is 15.4 Å². The Kier molecular flexibility index (Phi) is 7.23. The summed E-state index contributed by atoms with van der Waals surface area (Å²) in [5, 5.41) is 6.43. The molecule has 0 radical (unpaired) electrons. The number of rotatable bonds is 8. The van der Waals surface area contributed by atoms with Gasteiger partial charge in [-0.25, -0.2) is 18.1 Å². The van der Waals surface area contributed by atoms with Gasteiger partial charge in [-0.3, -0.25) is 0 Å². The van der Waals surface area contributed by atoms with Gasteiger partial charge in [0.2, 0.25) is 16.0 Å². The van der Waals surface area contributed by atoms with Crippen molar-refractivity contribution < 1.29 is 13.2 Å². The number of hydrogen-bond donors (Lipinski definition) is 3. The maximum Gasteiger partial charge on any atom is 0.241 e. The molecule has 0 aliphatic heterocycles. The topological polar surface area (TPSA) is 105 Å². The monoisotopic (exact) mass is 503 g/mol. The Morgan fingerprint density at radius 2 is 1.36 bits per heavy atom. The van der Waals surface area contributed by atoms with Crippen LogP contribution in [0.25, 0.3) is 0 Å². The van der Waals surface area contributed by atoms with E-state index < -0.39 is 15.6 Å². The minimum Gasteiger partial charge on any atom is -0.457 e. The van der Waals surface area contributed by atoms with Gasteiger partial charge in [0.15, 0.2) is 0 Å². The molecule has 8 nitrogen and oxygen atoms in total. The highest BCUT2D eigenvalue weighted by atomic mass is 32.2. The number of sulfonamides is 1. The van der Waals surface area contributed by atoms with Gasteiger partial charge in [-0.2, -0.15) is 4.98 Å². The van der Waals surface area contributed by atoms with Crippen LogP contribution < -0.4 is 20.1 Å². The van der Waals surface area contributed by atoms with Crippen LogP contribution in [0.2, 0.25) is 0 Å². The molecule has 0 bridgehead atoms. The third-order valence-corrected chi connectivity index (χ3v) is 6.70. The first-order valence-electron chi connectivity index (χ1n) is 11.4. The normalized spacial score (nSPS) is 11.7. The van der Waals surface area contributed by atoms with Crippen LogP contribution >= 0.6 is 0 Å². The second kappa shape index (κ2) is 10.3.